The topological polar surface area (TPSA) is 32.3 Å². The second-order valence-electron chi connectivity index (χ2n) is 4.38. The number of carbonyl (C=O) groups excluding carboxylic acids is 1. The van der Waals surface area contributed by atoms with Crippen LogP contribution in [0.3, 0.4) is 0 Å². The molecule has 0 aromatic heterocycles. The van der Waals surface area contributed by atoms with Crippen LogP contribution >= 0.6 is 0 Å². The zero-order valence-electron chi connectivity index (χ0n) is 8.93. The summed E-state index contributed by atoms with van der Waals surface area (Å²) in [6, 6.07) is -0.0655. The van der Waals surface area contributed by atoms with Gasteiger partial charge in [-0.05, 0) is 41.8 Å². The molecule has 0 radical (unpaired) electrons. The van der Waals surface area contributed by atoms with Crippen LogP contribution in [-0.2, 0) is 4.79 Å². The number of amides is 1. The number of likely N-dealkylation sites (N-methyl/N-ethyl adjacent to an activating group) is 1. The van der Waals surface area contributed by atoms with E-state index in [-0.39, 0.29) is 17.5 Å². The first kappa shape index (κ1) is 11.4. The lowest BCUT2D eigenvalue weighted by molar-refractivity contribution is -0.126. The second-order valence-corrected chi connectivity index (χ2v) is 4.38. The fourth-order valence-corrected chi connectivity index (χ4v) is 0.709. The number of rotatable bonds is 2. The number of hydrogen-bond donors (Lipinski definition) is 1. The lowest BCUT2D eigenvalue weighted by Crippen LogP contribution is -2.49. The molecule has 1 atom stereocenters. The molecule has 0 heterocycles. The van der Waals surface area contributed by atoms with E-state index in [4.69, 9.17) is 0 Å². The van der Waals surface area contributed by atoms with Crippen LogP contribution in [0.5, 0.6) is 0 Å². The van der Waals surface area contributed by atoms with Crippen LogP contribution < -0.4 is 5.32 Å². The van der Waals surface area contributed by atoms with Gasteiger partial charge in [-0.15, -0.1) is 0 Å². The molecule has 1 N–H and O–H groups in total. The molecule has 0 aliphatic rings. The van der Waals surface area contributed by atoms with Crippen molar-refractivity contribution in [3.8, 4) is 0 Å². The van der Waals surface area contributed by atoms with E-state index in [0.717, 1.165) is 0 Å². The molecule has 0 spiro atoms. The molecule has 0 aromatic rings. The van der Waals surface area contributed by atoms with Crippen molar-refractivity contribution in [3.05, 3.63) is 0 Å². The molecular weight excluding hydrogens is 152 g/mol. The fourth-order valence-electron chi connectivity index (χ4n) is 0.709. The van der Waals surface area contributed by atoms with E-state index in [1.54, 1.807) is 0 Å². The van der Waals surface area contributed by atoms with Crippen molar-refractivity contribution in [2.24, 2.45) is 0 Å². The molecule has 1 unspecified atom stereocenters. The van der Waals surface area contributed by atoms with Crippen molar-refractivity contribution in [2.75, 3.05) is 14.1 Å². The third-order valence-electron chi connectivity index (χ3n) is 1.65. The Hall–Kier alpha value is -0.570. The molecular formula is C9H20N2O. The standard InChI is InChI=1S/C9H20N2O/c1-7(11(5)6)8(12)10-9(2,3)4/h7H,1-6H3,(H,10,12). The number of nitrogens with zero attached hydrogens (tertiary/aromatic N) is 1. The van der Waals surface area contributed by atoms with Gasteiger partial charge in [-0.25, -0.2) is 0 Å². The maximum absolute atomic E-state index is 11.4. The molecule has 3 heteroatoms. The van der Waals surface area contributed by atoms with Gasteiger partial charge in [-0.3, -0.25) is 9.69 Å². The van der Waals surface area contributed by atoms with Crippen molar-refractivity contribution < 1.29 is 4.79 Å². The van der Waals surface area contributed by atoms with E-state index >= 15 is 0 Å². The smallest absolute Gasteiger partial charge is 0.237 e. The minimum atomic E-state index is -0.138. The summed E-state index contributed by atoms with van der Waals surface area (Å²) in [4.78, 5) is 13.3. The largest absolute Gasteiger partial charge is 0.350 e. The predicted octanol–water partition coefficient (Wildman–Crippen LogP) is 0.851. The highest BCUT2D eigenvalue weighted by Crippen LogP contribution is 2.01. The quantitative estimate of drug-likeness (QED) is 0.670. The van der Waals surface area contributed by atoms with Gasteiger partial charge < -0.3 is 5.32 Å². The molecule has 0 saturated heterocycles. The van der Waals surface area contributed by atoms with E-state index in [1.807, 2.05) is 46.7 Å². The van der Waals surface area contributed by atoms with Crippen molar-refractivity contribution in [2.45, 2.75) is 39.3 Å². The minimum absolute atomic E-state index is 0.0655. The molecule has 1 amide bonds. The van der Waals surface area contributed by atoms with Crippen molar-refractivity contribution in [1.82, 2.24) is 10.2 Å². The Morgan fingerprint density at radius 1 is 1.33 bits per heavy atom. The first-order chi connectivity index (χ1) is 5.24. The lowest BCUT2D eigenvalue weighted by atomic mass is 10.1. The number of nitrogens with one attached hydrogen (secondary N) is 1. The molecule has 72 valence electrons. The maximum Gasteiger partial charge on any atom is 0.237 e. The van der Waals surface area contributed by atoms with Gasteiger partial charge in [-0.2, -0.15) is 0 Å². The summed E-state index contributed by atoms with van der Waals surface area (Å²) >= 11 is 0. The SMILES string of the molecule is CC(C(=O)NC(C)(C)C)N(C)C. The van der Waals surface area contributed by atoms with Gasteiger partial charge in [-0.1, -0.05) is 0 Å². The molecule has 0 bridgehead atoms. The highest BCUT2D eigenvalue weighted by atomic mass is 16.2. The van der Waals surface area contributed by atoms with Crippen molar-refractivity contribution in [3.63, 3.8) is 0 Å². The van der Waals surface area contributed by atoms with Gasteiger partial charge in [0, 0.05) is 5.54 Å². The molecule has 0 saturated carbocycles. The number of carbonyl (C=O) groups is 1. The summed E-state index contributed by atoms with van der Waals surface area (Å²) in [6.07, 6.45) is 0. The summed E-state index contributed by atoms with van der Waals surface area (Å²) in [6.45, 7) is 7.83. The van der Waals surface area contributed by atoms with Gasteiger partial charge in [0.15, 0.2) is 0 Å². The van der Waals surface area contributed by atoms with E-state index in [2.05, 4.69) is 5.32 Å². The van der Waals surface area contributed by atoms with Gasteiger partial charge >= 0.3 is 0 Å². The summed E-state index contributed by atoms with van der Waals surface area (Å²) in [7, 11) is 3.79. The van der Waals surface area contributed by atoms with Crippen LogP contribution in [0.25, 0.3) is 0 Å². The summed E-state index contributed by atoms with van der Waals surface area (Å²) in [5, 5.41) is 2.92. The Bertz CT molecular complexity index is 158. The van der Waals surface area contributed by atoms with E-state index in [0.29, 0.717) is 0 Å². The minimum Gasteiger partial charge on any atom is -0.350 e. The van der Waals surface area contributed by atoms with E-state index < -0.39 is 0 Å². The Morgan fingerprint density at radius 2 is 1.75 bits per heavy atom. The van der Waals surface area contributed by atoms with E-state index in [9.17, 15) is 4.79 Å². The van der Waals surface area contributed by atoms with Crippen LogP contribution in [0.2, 0.25) is 0 Å². The average Bonchev–Trinajstić information content (AvgIpc) is 1.82. The van der Waals surface area contributed by atoms with Crippen LogP contribution in [0.4, 0.5) is 0 Å². The zero-order chi connectivity index (χ0) is 9.94. The Kier molecular flexibility index (Phi) is 3.71. The van der Waals surface area contributed by atoms with Gasteiger partial charge in [0.2, 0.25) is 5.91 Å². The van der Waals surface area contributed by atoms with Crippen LogP contribution in [0.15, 0.2) is 0 Å². The van der Waals surface area contributed by atoms with E-state index in [1.165, 1.54) is 0 Å². The second kappa shape index (κ2) is 3.90. The highest BCUT2D eigenvalue weighted by Gasteiger charge is 2.19. The summed E-state index contributed by atoms with van der Waals surface area (Å²) < 4.78 is 0. The van der Waals surface area contributed by atoms with Crippen LogP contribution in [0.1, 0.15) is 27.7 Å². The third-order valence-corrected chi connectivity index (χ3v) is 1.65. The third kappa shape index (κ3) is 4.34. The van der Waals surface area contributed by atoms with Crippen LogP contribution in [0, 0.1) is 0 Å². The average molecular weight is 172 g/mol. The van der Waals surface area contributed by atoms with Gasteiger partial charge in [0.25, 0.3) is 0 Å². The van der Waals surface area contributed by atoms with Gasteiger partial charge in [0.1, 0.15) is 0 Å². The van der Waals surface area contributed by atoms with Crippen LogP contribution in [-0.4, -0.2) is 36.5 Å². The normalized spacial score (nSPS) is 14.6. The summed E-state index contributed by atoms with van der Waals surface area (Å²) in [5.74, 6) is 0.0764. The fraction of sp³-hybridized carbons (Fsp3) is 0.889. The zero-order valence-corrected chi connectivity index (χ0v) is 8.93. The molecule has 0 fully saturated rings. The Balaban J connectivity index is 4.05. The predicted molar refractivity (Wildman–Crippen MR) is 51.0 cm³/mol. The van der Waals surface area contributed by atoms with Crippen molar-refractivity contribution >= 4 is 5.91 Å². The molecule has 3 nitrogen and oxygen atoms in total. The molecule has 0 aromatic carbocycles. The first-order valence-corrected chi connectivity index (χ1v) is 4.22. The monoisotopic (exact) mass is 172 g/mol. The summed E-state index contributed by atoms with van der Waals surface area (Å²) in [5.41, 5.74) is -0.138. The lowest BCUT2D eigenvalue weighted by Gasteiger charge is -2.26. The molecule has 0 aliphatic heterocycles. The Labute approximate surface area is 75.1 Å². The molecule has 12 heavy (non-hydrogen) atoms. The molecule has 0 aliphatic carbocycles. The maximum atomic E-state index is 11.4. The number of hydrogen-bond acceptors (Lipinski definition) is 2. The molecule has 0 rings (SSSR count). The first-order valence-electron chi connectivity index (χ1n) is 4.22. The van der Waals surface area contributed by atoms with Crippen molar-refractivity contribution in [1.29, 1.82) is 0 Å². The highest BCUT2D eigenvalue weighted by molar-refractivity contribution is 5.81. The Morgan fingerprint density at radius 3 is 2.00 bits per heavy atom. The van der Waals surface area contributed by atoms with Gasteiger partial charge in [0.05, 0.1) is 6.04 Å².